The van der Waals surface area contributed by atoms with Crippen LogP contribution in [-0.4, -0.2) is 54.0 Å². The van der Waals surface area contributed by atoms with Crippen molar-refractivity contribution in [2.45, 2.75) is 57.0 Å². The molecule has 1 saturated heterocycles. The highest BCUT2D eigenvalue weighted by atomic mass is 16.2. The third-order valence-electron chi connectivity index (χ3n) is 4.70. The number of rotatable bonds is 3. The Hall–Kier alpha value is -0.610. The van der Waals surface area contributed by atoms with Crippen molar-refractivity contribution in [3.63, 3.8) is 0 Å². The van der Waals surface area contributed by atoms with Crippen molar-refractivity contribution in [3.05, 3.63) is 0 Å². The number of carbonyl (C=O) groups excluding carboxylic acids is 1. The molecule has 4 nitrogen and oxygen atoms in total. The molecule has 104 valence electrons. The molecule has 1 unspecified atom stereocenters. The molecule has 2 aliphatic rings. The monoisotopic (exact) mass is 253 g/mol. The van der Waals surface area contributed by atoms with E-state index in [1.165, 1.54) is 12.8 Å². The number of nitrogens with two attached hydrogens (primary N) is 1. The third-order valence-corrected chi connectivity index (χ3v) is 4.70. The van der Waals surface area contributed by atoms with E-state index in [9.17, 15) is 4.79 Å². The topological polar surface area (TPSA) is 49.6 Å². The van der Waals surface area contributed by atoms with Gasteiger partial charge in [-0.25, -0.2) is 0 Å². The molecule has 0 radical (unpaired) electrons. The SMILES string of the molecule is CCC1CN(C(=O)CC2(N)CCCC2)CCN1C. The van der Waals surface area contributed by atoms with Crippen molar-refractivity contribution >= 4 is 5.91 Å². The minimum atomic E-state index is -0.206. The first-order chi connectivity index (χ1) is 8.54. The summed E-state index contributed by atoms with van der Waals surface area (Å²) in [6.45, 7) is 4.92. The number of hydrogen-bond donors (Lipinski definition) is 1. The number of likely N-dealkylation sites (N-methyl/N-ethyl adjacent to an activating group) is 1. The molecule has 2 fully saturated rings. The molecule has 4 heteroatoms. The van der Waals surface area contributed by atoms with E-state index in [1.807, 2.05) is 4.90 Å². The van der Waals surface area contributed by atoms with Gasteiger partial charge in [0.2, 0.25) is 5.91 Å². The molecule has 1 amide bonds. The molecule has 1 heterocycles. The molecule has 1 aliphatic heterocycles. The molecule has 0 bridgehead atoms. The Balaban J connectivity index is 1.89. The first-order valence-corrected chi connectivity index (χ1v) is 7.31. The van der Waals surface area contributed by atoms with Crippen LogP contribution in [0.3, 0.4) is 0 Å². The maximum absolute atomic E-state index is 12.4. The number of piperazine rings is 1. The van der Waals surface area contributed by atoms with E-state index in [1.54, 1.807) is 0 Å². The normalized spacial score (nSPS) is 28.6. The van der Waals surface area contributed by atoms with Crippen LogP contribution in [0, 0.1) is 0 Å². The lowest BCUT2D eigenvalue weighted by Crippen LogP contribution is -2.54. The average molecular weight is 253 g/mol. The summed E-state index contributed by atoms with van der Waals surface area (Å²) in [7, 11) is 2.15. The van der Waals surface area contributed by atoms with Crippen LogP contribution >= 0.6 is 0 Å². The maximum Gasteiger partial charge on any atom is 0.224 e. The lowest BCUT2D eigenvalue weighted by atomic mass is 9.93. The second kappa shape index (κ2) is 5.57. The van der Waals surface area contributed by atoms with Gasteiger partial charge in [-0.05, 0) is 26.3 Å². The van der Waals surface area contributed by atoms with Crippen LogP contribution < -0.4 is 5.73 Å². The number of hydrogen-bond acceptors (Lipinski definition) is 3. The molecule has 1 atom stereocenters. The van der Waals surface area contributed by atoms with E-state index in [4.69, 9.17) is 5.73 Å². The number of nitrogens with zero attached hydrogens (tertiary/aromatic N) is 2. The predicted molar refractivity (Wildman–Crippen MR) is 73.3 cm³/mol. The summed E-state index contributed by atoms with van der Waals surface area (Å²) < 4.78 is 0. The fourth-order valence-corrected chi connectivity index (χ4v) is 3.28. The fourth-order valence-electron chi connectivity index (χ4n) is 3.28. The zero-order valence-electron chi connectivity index (χ0n) is 11.8. The van der Waals surface area contributed by atoms with Gasteiger partial charge in [0.05, 0.1) is 0 Å². The molecular weight excluding hydrogens is 226 g/mol. The Kier molecular flexibility index (Phi) is 4.28. The number of carbonyl (C=O) groups is 1. The van der Waals surface area contributed by atoms with E-state index in [0.29, 0.717) is 12.5 Å². The van der Waals surface area contributed by atoms with Gasteiger partial charge in [0.1, 0.15) is 0 Å². The Morgan fingerprint density at radius 3 is 2.61 bits per heavy atom. The molecular formula is C14H27N3O. The zero-order valence-corrected chi connectivity index (χ0v) is 11.8. The molecule has 18 heavy (non-hydrogen) atoms. The van der Waals surface area contributed by atoms with Crippen molar-refractivity contribution in [3.8, 4) is 0 Å². The second-order valence-corrected chi connectivity index (χ2v) is 6.13. The minimum Gasteiger partial charge on any atom is -0.340 e. The van der Waals surface area contributed by atoms with Gasteiger partial charge in [0.25, 0.3) is 0 Å². The lowest BCUT2D eigenvalue weighted by molar-refractivity contribution is -0.135. The largest absolute Gasteiger partial charge is 0.340 e. The van der Waals surface area contributed by atoms with Gasteiger partial charge in [0.15, 0.2) is 0 Å². The summed E-state index contributed by atoms with van der Waals surface area (Å²) in [4.78, 5) is 16.7. The first kappa shape index (κ1) is 13.8. The van der Waals surface area contributed by atoms with Crippen LogP contribution in [0.25, 0.3) is 0 Å². The van der Waals surface area contributed by atoms with Crippen LogP contribution in [0.15, 0.2) is 0 Å². The Morgan fingerprint density at radius 1 is 1.33 bits per heavy atom. The molecule has 0 aromatic rings. The minimum absolute atomic E-state index is 0.206. The summed E-state index contributed by atoms with van der Waals surface area (Å²) >= 11 is 0. The van der Waals surface area contributed by atoms with Crippen molar-refractivity contribution < 1.29 is 4.79 Å². The van der Waals surface area contributed by atoms with Crippen molar-refractivity contribution in [1.82, 2.24) is 9.80 Å². The first-order valence-electron chi connectivity index (χ1n) is 7.31. The van der Waals surface area contributed by atoms with E-state index in [0.717, 1.165) is 38.9 Å². The summed E-state index contributed by atoms with van der Waals surface area (Å²) in [5.41, 5.74) is 6.10. The van der Waals surface area contributed by atoms with Crippen molar-refractivity contribution in [2.24, 2.45) is 5.73 Å². The van der Waals surface area contributed by atoms with E-state index < -0.39 is 0 Å². The Labute approximate surface area is 110 Å². The van der Waals surface area contributed by atoms with Gasteiger partial charge < -0.3 is 10.6 Å². The highest BCUT2D eigenvalue weighted by Crippen LogP contribution is 2.30. The predicted octanol–water partition coefficient (Wildman–Crippen LogP) is 1.20. The van der Waals surface area contributed by atoms with E-state index in [2.05, 4.69) is 18.9 Å². The van der Waals surface area contributed by atoms with Crippen LogP contribution in [0.5, 0.6) is 0 Å². The van der Waals surface area contributed by atoms with Crippen LogP contribution in [0.2, 0.25) is 0 Å². The maximum atomic E-state index is 12.4. The van der Waals surface area contributed by atoms with Crippen LogP contribution in [0.1, 0.15) is 45.4 Å². The van der Waals surface area contributed by atoms with Crippen LogP contribution in [0.4, 0.5) is 0 Å². The zero-order chi connectivity index (χ0) is 13.2. The van der Waals surface area contributed by atoms with Gasteiger partial charge in [0, 0.05) is 37.6 Å². The highest BCUT2D eigenvalue weighted by molar-refractivity contribution is 5.77. The average Bonchev–Trinajstić information content (AvgIpc) is 2.76. The smallest absolute Gasteiger partial charge is 0.224 e. The molecule has 1 aliphatic carbocycles. The molecule has 1 saturated carbocycles. The summed E-state index contributed by atoms with van der Waals surface area (Å²) in [6.07, 6.45) is 6.06. The summed E-state index contributed by atoms with van der Waals surface area (Å²) in [5.74, 6) is 0.269. The van der Waals surface area contributed by atoms with Gasteiger partial charge in [-0.2, -0.15) is 0 Å². The molecule has 0 spiro atoms. The Morgan fingerprint density at radius 2 is 2.00 bits per heavy atom. The molecule has 0 aromatic carbocycles. The van der Waals surface area contributed by atoms with Crippen molar-refractivity contribution in [1.29, 1.82) is 0 Å². The van der Waals surface area contributed by atoms with Gasteiger partial charge in [-0.15, -0.1) is 0 Å². The molecule has 2 rings (SSSR count). The molecule has 0 aromatic heterocycles. The quantitative estimate of drug-likeness (QED) is 0.822. The summed E-state index contributed by atoms with van der Waals surface area (Å²) in [6, 6.07) is 0.514. The lowest BCUT2D eigenvalue weighted by Gasteiger charge is -2.40. The van der Waals surface area contributed by atoms with Crippen molar-refractivity contribution in [2.75, 3.05) is 26.7 Å². The highest BCUT2D eigenvalue weighted by Gasteiger charge is 2.34. The standard InChI is InChI=1S/C14H27N3O/c1-3-12-11-17(9-8-16(12)2)13(18)10-14(15)6-4-5-7-14/h12H,3-11,15H2,1-2H3. The van der Waals surface area contributed by atoms with Gasteiger partial charge in [-0.1, -0.05) is 19.8 Å². The number of amides is 1. The van der Waals surface area contributed by atoms with E-state index >= 15 is 0 Å². The van der Waals surface area contributed by atoms with Gasteiger partial charge in [-0.3, -0.25) is 9.69 Å². The molecule has 2 N–H and O–H groups in total. The summed E-state index contributed by atoms with van der Waals surface area (Å²) in [5, 5.41) is 0. The van der Waals surface area contributed by atoms with Crippen LogP contribution in [-0.2, 0) is 4.79 Å². The fraction of sp³-hybridized carbons (Fsp3) is 0.929. The van der Waals surface area contributed by atoms with E-state index in [-0.39, 0.29) is 11.4 Å². The Bertz CT molecular complexity index is 299. The third kappa shape index (κ3) is 3.04. The second-order valence-electron chi connectivity index (χ2n) is 6.13. The van der Waals surface area contributed by atoms with Gasteiger partial charge >= 0.3 is 0 Å².